The van der Waals surface area contributed by atoms with E-state index < -0.39 is 12.1 Å². The number of alkyl halides is 1. The van der Waals surface area contributed by atoms with Gasteiger partial charge in [0.05, 0.1) is 0 Å². The van der Waals surface area contributed by atoms with Gasteiger partial charge in [-0.05, 0) is 59.4 Å². The lowest BCUT2D eigenvalue weighted by Gasteiger charge is -2.28. The Morgan fingerprint density at radius 1 is 0.833 bits per heavy atom. The van der Waals surface area contributed by atoms with Crippen molar-refractivity contribution < 1.29 is 13.9 Å². The van der Waals surface area contributed by atoms with Crippen molar-refractivity contribution in [3.63, 3.8) is 0 Å². The number of carbonyl (C=O) groups excluding carboxylic acids is 1. The summed E-state index contributed by atoms with van der Waals surface area (Å²) >= 11 is 0. The molecule has 1 fully saturated rings. The van der Waals surface area contributed by atoms with Crippen LogP contribution in [0.1, 0.15) is 103 Å². The molecule has 2 unspecified atom stereocenters. The highest BCUT2D eigenvalue weighted by Crippen LogP contribution is 2.34. The van der Waals surface area contributed by atoms with E-state index in [2.05, 4.69) is 31.2 Å². The van der Waals surface area contributed by atoms with Crippen molar-refractivity contribution in [1.82, 2.24) is 0 Å². The largest absolute Gasteiger partial charge is 0.424 e. The van der Waals surface area contributed by atoms with Crippen molar-refractivity contribution >= 4 is 5.97 Å². The van der Waals surface area contributed by atoms with E-state index >= 15 is 0 Å². The van der Waals surface area contributed by atoms with Crippen LogP contribution in [0.5, 0.6) is 5.75 Å². The fraction of sp³-hybridized carbons (Fsp3) is 0.606. The minimum Gasteiger partial charge on any atom is -0.424 e. The van der Waals surface area contributed by atoms with Crippen molar-refractivity contribution in [2.24, 2.45) is 17.8 Å². The fourth-order valence-corrected chi connectivity index (χ4v) is 5.41. The predicted molar refractivity (Wildman–Crippen MR) is 149 cm³/mol. The first-order chi connectivity index (χ1) is 17.5. The summed E-state index contributed by atoms with van der Waals surface area (Å²) in [7, 11) is 0. The molecule has 0 spiro atoms. The van der Waals surface area contributed by atoms with E-state index in [1.807, 2.05) is 19.1 Å². The molecule has 2 aromatic rings. The Hall–Kier alpha value is -2.16. The molecule has 0 amide bonds. The van der Waals surface area contributed by atoms with Crippen molar-refractivity contribution in [3.05, 3.63) is 54.1 Å². The first-order valence-corrected chi connectivity index (χ1v) is 14.5. The normalized spacial score (nSPS) is 19.6. The standard InChI is InChI=1S/C33H47FO2/c1-4-6-7-8-9-10-26-11-13-27(14-12-26)15-16-28-17-19-29(20-18-28)30-21-23-31(24-22-30)36-33(35)32(34)25(3)5-2/h17-27,32H,4-16H2,1-3H3/t25?,26-,27-,32?. The third-order valence-corrected chi connectivity index (χ3v) is 8.25. The van der Waals surface area contributed by atoms with E-state index in [1.165, 1.54) is 76.2 Å². The molecule has 0 aromatic heterocycles. The third kappa shape index (κ3) is 9.05. The van der Waals surface area contributed by atoms with Gasteiger partial charge < -0.3 is 4.74 Å². The molecule has 2 nitrogen and oxygen atoms in total. The van der Waals surface area contributed by atoms with Crippen molar-refractivity contribution in [2.45, 2.75) is 110 Å². The Morgan fingerprint density at radius 2 is 1.39 bits per heavy atom. The molecule has 0 N–H and O–H groups in total. The average Bonchev–Trinajstić information content (AvgIpc) is 2.92. The summed E-state index contributed by atoms with van der Waals surface area (Å²) in [6.07, 6.45) is 15.6. The molecular formula is C33H47FO2. The molecule has 3 heteroatoms. The van der Waals surface area contributed by atoms with Crippen LogP contribution in [0, 0.1) is 17.8 Å². The number of rotatable bonds is 14. The van der Waals surface area contributed by atoms with E-state index in [0.29, 0.717) is 12.2 Å². The van der Waals surface area contributed by atoms with Gasteiger partial charge in [0.2, 0.25) is 0 Å². The number of carbonyl (C=O) groups is 1. The summed E-state index contributed by atoms with van der Waals surface area (Å²) in [4.78, 5) is 12.0. The number of benzene rings is 2. The zero-order valence-electron chi connectivity index (χ0n) is 22.8. The van der Waals surface area contributed by atoms with Gasteiger partial charge in [-0.3, -0.25) is 0 Å². The second-order valence-electron chi connectivity index (χ2n) is 11.1. The van der Waals surface area contributed by atoms with Crippen LogP contribution in [0.25, 0.3) is 11.1 Å². The van der Waals surface area contributed by atoms with Crippen LogP contribution >= 0.6 is 0 Å². The minimum atomic E-state index is -1.59. The Kier molecular flexibility index (Phi) is 12.0. The van der Waals surface area contributed by atoms with Crippen LogP contribution < -0.4 is 4.74 Å². The number of esters is 1. The van der Waals surface area contributed by atoms with Crippen LogP contribution in [0.2, 0.25) is 0 Å². The van der Waals surface area contributed by atoms with Gasteiger partial charge in [-0.15, -0.1) is 0 Å². The summed E-state index contributed by atoms with van der Waals surface area (Å²) < 4.78 is 19.3. The highest BCUT2D eigenvalue weighted by Gasteiger charge is 2.25. The molecule has 198 valence electrons. The quantitative estimate of drug-likeness (QED) is 0.148. The molecule has 0 radical (unpaired) electrons. The summed E-state index contributed by atoms with van der Waals surface area (Å²) in [6.45, 7) is 5.88. The molecule has 1 aliphatic carbocycles. The van der Waals surface area contributed by atoms with E-state index in [-0.39, 0.29) is 5.92 Å². The Balaban J connectivity index is 1.39. The Labute approximate surface area is 219 Å². The van der Waals surface area contributed by atoms with Crippen molar-refractivity contribution in [2.75, 3.05) is 0 Å². The summed E-state index contributed by atoms with van der Waals surface area (Å²) in [6, 6.07) is 16.2. The number of hydrogen-bond acceptors (Lipinski definition) is 2. The lowest BCUT2D eigenvalue weighted by atomic mass is 9.77. The number of unbranched alkanes of at least 4 members (excludes halogenated alkanes) is 4. The molecule has 2 aromatic carbocycles. The molecule has 1 aliphatic rings. The molecule has 2 atom stereocenters. The van der Waals surface area contributed by atoms with Gasteiger partial charge in [0.15, 0.2) is 6.17 Å². The van der Waals surface area contributed by atoms with Crippen LogP contribution in [0.3, 0.4) is 0 Å². The smallest absolute Gasteiger partial charge is 0.346 e. The first-order valence-electron chi connectivity index (χ1n) is 14.5. The second-order valence-corrected chi connectivity index (χ2v) is 11.1. The Bertz CT molecular complexity index is 881. The van der Waals surface area contributed by atoms with Crippen molar-refractivity contribution in [1.29, 1.82) is 0 Å². The van der Waals surface area contributed by atoms with E-state index in [1.54, 1.807) is 19.1 Å². The van der Waals surface area contributed by atoms with E-state index in [0.717, 1.165) is 29.4 Å². The van der Waals surface area contributed by atoms with Gasteiger partial charge in [0.1, 0.15) is 5.75 Å². The van der Waals surface area contributed by atoms with Crippen LogP contribution in [0.15, 0.2) is 48.5 Å². The Morgan fingerprint density at radius 3 is 1.97 bits per heavy atom. The second kappa shape index (κ2) is 15.2. The van der Waals surface area contributed by atoms with E-state index in [9.17, 15) is 9.18 Å². The maximum absolute atomic E-state index is 14.1. The summed E-state index contributed by atoms with van der Waals surface area (Å²) in [5.74, 6) is 1.11. The topological polar surface area (TPSA) is 26.3 Å². The van der Waals surface area contributed by atoms with Gasteiger partial charge in [-0.2, -0.15) is 0 Å². The molecule has 1 saturated carbocycles. The highest BCUT2D eigenvalue weighted by molar-refractivity contribution is 5.77. The third-order valence-electron chi connectivity index (χ3n) is 8.25. The SMILES string of the molecule is CCCCCCC[C@H]1CC[C@H](CCc2ccc(-c3ccc(OC(=O)C(F)C(C)CC)cc3)cc2)CC1. The fourth-order valence-electron chi connectivity index (χ4n) is 5.41. The minimum absolute atomic E-state index is 0.338. The maximum Gasteiger partial charge on any atom is 0.346 e. The zero-order chi connectivity index (χ0) is 25.8. The maximum atomic E-state index is 14.1. The molecular weight excluding hydrogens is 447 g/mol. The molecule has 36 heavy (non-hydrogen) atoms. The summed E-state index contributed by atoms with van der Waals surface area (Å²) in [5, 5.41) is 0. The van der Waals surface area contributed by atoms with Crippen molar-refractivity contribution in [3.8, 4) is 16.9 Å². The summed E-state index contributed by atoms with van der Waals surface area (Å²) in [5.41, 5.74) is 3.61. The number of halogens is 1. The lowest BCUT2D eigenvalue weighted by Crippen LogP contribution is -2.27. The van der Waals surface area contributed by atoms with E-state index in [4.69, 9.17) is 4.74 Å². The molecule has 3 rings (SSSR count). The van der Waals surface area contributed by atoms with Crippen LogP contribution in [-0.2, 0) is 11.2 Å². The van der Waals surface area contributed by atoms with Gasteiger partial charge >= 0.3 is 5.97 Å². The predicted octanol–water partition coefficient (Wildman–Crippen LogP) is 9.74. The molecule has 0 saturated heterocycles. The molecule has 0 aliphatic heterocycles. The number of aryl methyl sites for hydroxylation is 1. The molecule has 0 bridgehead atoms. The van der Waals surface area contributed by atoms with Gasteiger partial charge in [-0.25, -0.2) is 9.18 Å². The van der Waals surface area contributed by atoms with Crippen LogP contribution in [0.4, 0.5) is 4.39 Å². The number of hydrogen-bond donors (Lipinski definition) is 0. The van der Waals surface area contributed by atoms with Gasteiger partial charge in [0.25, 0.3) is 0 Å². The molecule has 0 heterocycles. The zero-order valence-corrected chi connectivity index (χ0v) is 22.8. The highest BCUT2D eigenvalue weighted by atomic mass is 19.1. The lowest BCUT2D eigenvalue weighted by molar-refractivity contribution is -0.141. The van der Waals surface area contributed by atoms with Crippen LogP contribution in [-0.4, -0.2) is 12.1 Å². The number of ether oxygens (including phenoxy) is 1. The first kappa shape index (κ1) is 28.4. The average molecular weight is 495 g/mol. The monoisotopic (exact) mass is 494 g/mol. The van der Waals surface area contributed by atoms with Gasteiger partial charge in [-0.1, -0.05) is 128 Å². The van der Waals surface area contributed by atoms with Gasteiger partial charge in [0, 0.05) is 0 Å².